The molecule has 3 rings (SSSR count). The number of halogens is 2. The highest BCUT2D eigenvalue weighted by atomic mass is 35.5. The Labute approximate surface area is 167 Å². The predicted octanol–water partition coefficient (Wildman–Crippen LogP) is 4.07. The number of aromatic nitrogens is 1. The van der Waals surface area contributed by atoms with Gasteiger partial charge in [0.1, 0.15) is 17.1 Å². The Hall–Kier alpha value is -2.22. The molecule has 144 valence electrons. The van der Waals surface area contributed by atoms with Gasteiger partial charge in [-0.1, -0.05) is 23.5 Å². The third-order valence-corrected chi connectivity index (χ3v) is 4.97. The predicted molar refractivity (Wildman–Crippen MR) is 110 cm³/mol. The van der Waals surface area contributed by atoms with E-state index in [1.54, 1.807) is 48.4 Å². The van der Waals surface area contributed by atoms with Crippen molar-refractivity contribution in [1.82, 2.24) is 9.88 Å². The highest BCUT2D eigenvalue weighted by Gasteiger charge is 2.22. The summed E-state index contributed by atoms with van der Waals surface area (Å²) in [7, 11) is 5.43. The zero-order chi connectivity index (χ0) is 18.7. The minimum absolute atomic E-state index is 0. The average Bonchev–Trinajstić information content (AvgIpc) is 3.07. The molecule has 0 aliphatic rings. The smallest absolute Gasteiger partial charge is 0.260 e. The van der Waals surface area contributed by atoms with Crippen molar-refractivity contribution in [3.63, 3.8) is 0 Å². The molecule has 0 bridgehead atoms. The standard InChI is InChI=1S/C19H20FN3O2S.ClH/c1-22(2)10-11-23(18(24)13-6-4-7-14(12-13)25-3)19-21-17-15(20)8-5-9-16(17)26-19;/h4-9,12H,10-11H2,1-3H3;1H. The molecule has 0 saturated carbocycles. The summed E-state index contributed by atoms with van der Waals surface area (Å²) in [6, 6.07) is 11.8. The van der Waals surface area contributed by atoms with Crippen LogP contribution >= 0.6 is 23.7 Å². The lowest BCUT2D eigenvalue weighted by atomic mass is 10.2. The van der Waals surface area contributed by atoms with Gasteiger partial charge in [-0.2, -0.15) is 0 Å². The second-order valence-electron chi connectivity index (χ2n) is 6.08. The number of hydrogen-bond acceptors (Lipinski definition) is 5. The van der Waals surface area contributed by atoms with Crippen LogP contribution in [-0.2, 0) is 0 Å². The molecule has 2 aromatic carbocycles. The van der Waals surface area contributed by atoms with Gasteiger partial charge in [0, 0.05) is 18.7 Å². The van der Waals surface area contributed by atoms with E-state index in [-0.39, 0.29) is 24.1 Å². The molecule has 0 fully saturated rings. The number of hydrogen-bond donors (Lipinski definition) is 0. The van der Waals surface area contributed by atoms with E-state index in [2.05, 4.69) is 4.98 Å². The zero-order valence-electron chi connectivity index (χ0n) is 15.3. The number of likely N-dealkylation sites (N-methyl/N-ethyl adjacent to an activating group) is 1. The molecular formula is C19H21ClFN3O2S. The molecule has 0 N–H and O–H groups in total. The minimum atomic E-state index is -0.383. The van der Waals surface area contributed by atoms with Gasteiger partial charge in [-0.3, -0.25) is 9.69 Å². The molecule has 1 heterocycles. The number of anilines is 1. The first kappa shape index (κ1) is 21.1. The van der Waals surface area contributed by atoms with E-state index in [0.29, 0.717) is 39.8 Å². The van der Waals surface area contributed by atoms with Gasteiger partial charge in [0.05, 0.1) is 11.8 Å². The number of nitrogens with zero attached hydrogens (tertiary/aromatic N) is 3. The second kappa shape index (κ2) is 9.12. The molecule has 0 radical (unpaired) electrons. The molecule has 5 nitrogen and oxygen atoms in total. The summed E-state index contributed by atoms with van der Waals surface area (Å²) in [6.07, 6.45) is 0. The third-order valence-electron chi connectivity index (χ3n) is 3.92. The lowest BCUT2D eigenvalue weighted by Crippen LogP contribution is -2.36. The van der Waals surface area contributed by atoms with Gasteiger partial charge in [0.15, 0.2) is 5.13 Å². The van der Waals surface area contributed by atoms with Crippen LogP contribution in [0.25, 0.3) is 10.2 Å². The molecule has 0 atom stereocenters. The van der Waals surface area contributed by atoms with Crippen LogP contribution in [0.5, 0.6) is 5.75 Å². The second-order valence-corrected chi connectivity index (χ2v) is 7.08. The minimum Gasteiger partial charge on any atom is -0.497 e. The van der Waals surface area contributed by atoms with E-state index in [9.17, 15) is 9.18 Å². The molecule has 8 heteroatoms. The summed E-state index contributed by atoms with van der Waals surface area (Å²) in [5, 5.41) is 0.486. The van der Waals surface area contributed by atoms with Crippen LogP contribution in [0.2, 0.25) is 0 Å². The van der Waals surface area contributed by atoms with Crippen LogP contribution in [0, 0.1) is 5.82 Å². The number of ether oxygens (including phenoxy) is 1. The highest BCUT2D eigenvalue weighted by molar-refractivity contribution is 7.22. The maximum Gasteiger partial charge on any atom is 0.260 e. The molecule has 0 spiro atoms. The maximum absolute atomic E-state index is 14.0. The number of benzene rings is 2. The van der Waals surface area contributed by atoms with Crippen LogP contribution in [0.15, 0.2) is 42.5 Å². The summed E-state index contributed by atoms with van der Waals surface area (Å²) >= 11 is 1.31. The Kier molecular flexibility index (Phi) is 7.12. The van der Waals surface area contributed by atoms with Crippen LogP contribution in [-0.4, -0.2) is 50.1 Å². The quantitative estimate of drug-likeness (QED) is 0.615. The topological polar surface area (TPSA) is 45.7 Å². The van der Waals surface area contributed by atoms with Gasteiger partial charge in [-0.15, -0.1) is 12.4 Å². The highest BCUT2D eigenvalue weighted by Crippen LogP contribution is 2.31. The molecule has 1 amide bonds. The fourth-order valence-corrected chi connectivity index (χ4v) is 3.52. The molecule has 0 aliphatic carbocycles. The monoisotopic (exact) mass is 409 g/mol. The van der Waals surface area contributed by atoms with E-state index in [4.69, 9.17) is 4.74 Å². The Balaban J connectivity index is 0.00000261. The summed E-state index contributed by atoms with van der Waals surface area (Å²) in [6.45, 7) is 1.11. The number of carbonyl (C=O) groups excluding carboxylic acids is 1. The van der Waals surface area contributed by atoms with Gasteiger partial charge in [-0.05, 0) is 44.4 Å². The lowest BCUT2D eigenvalue weighted by Gasteiger charge is -2.22. The van der Waals surface area contributed by atoms with Crippen molar-refractivity contribution in [1.29, 1.82) is 0 Å². The molecule has 0 aliphatic heterocycles. The van der Waals surface area contributed by atoms with Gasteiger partial charge in [0.2, 0.25) is 0 Å². The summed E-state index contributed by atoms with van der Waals surface area (Å²) < 4.78 is 19.9. The molecule has 0 saturated heterocycles. The molecule has 1 aromatic heterocycles. The van der Waals surface area contributed by atoms with Gasteiger partial charge < -0.3 is 9.64 Å². The number of para-hydroxylation sites is 1. The van der Waals surface area contributed by atoms with E-state index < -0.39 is 0 Å². The fourth-order valence-electron chi connectivity index (χ4n) is 2.51. The summed E-state index contributed by atoms with van der Waals surface area (Å²) in [4.78, 5) is 21.1. The number of fused-ring (bicyclic) bond motifs is 1. The normalized spacial score (nSPS) is 10.7. The Morgan fingerprint density at radius 2 is 1.93 bits per heavy atom. The van der Waals surface area contributed by atoms with Gasteiger partial charge in [0.25, 0.3) is 5.91 Å². The van der Waals surface area contributed by atoms with E-state index in [1.807, 2.05) is 19.0 Å². The lowest BCUT2D eigenvalue weighted by molar-refractivity contribution is 0.0985. The Morgan fingerprint density at radius 1 is 1.19 bits per heavy atom. The fraction of sp³-hybridized carbons (Fsp3) is 0.263. The largest absolute Gasteiger partial charge is 0.497 e. The number of carbonyl (C=O) groups is 1. The summed E-state index contributed by atoms with van der Waals surface area (Å²) in [5.41, 5.74) is 0.795. The van der Waals surface area contributed by atoms with Crippen molar-refractivity contribution in [2.45, 2.75) is 0 Å². The third kappa shape index (κ3) is 4.74. The SMILES string of the molecule is COc1cccc(C(=O)N(CCN(C)C)c2nc3c(F)cccc3s2)c1.Cl. The molecule has 27 heavy (non-hydrogen) atoms. The van der Waals surface area contributed by atoms with Crippen molar-refractivity contribution in [3.05, 3.63) is 53.8 Å². The van der Waals surface area contributed by atoms with Crippen LogP contribution < -0.4 is 9.64 Å². The first-order valence-electron chi connectivity index (χ1n) is 8.15. The van der Waals surface area contributed by atoms with Crippen LogP contribution in [0.3, 0.4) is 0 Å². The van der Waals surface area contributed by atoms with Crippen molar-refractivity contribution in [3.8, 4) is 5.75 Å². The molecule has 3 aromatic rings. The Morgan fingerprint density at radius 3 is 2.59 bits per heavy atom. The number of methoxy groups -OCH3 is 1. The zero-order valence-corrected chi connectivity index (χ0v) is 16.9. The van der Waals surface area contributed by atoms with E-state index in [0.717, 1.165) is 0 Å². The van der Waals surface area contributed by atoms with Crippen molar-refractivity contribution >= 4 is 45.0 Å². The number of rotatable bonds is 6. The average molecular weight is 410 g/mol. The first-order valence-corrected chi connectivity index (χ1v) is 8.97. The van der Waals surface area contributed by atoms with Gasteiger partial charge >= 0.3 is 0 Å². The van der Waals surface area contributed by atoms with Crippen molar-refractivity contribution in [2.75, 3.05) is 39.2 Å². The van der Waals surface area contributed by atoms with E-state index in [1.165, 1.54) is 17.4 Å². The van der Waals surface area contributed by atoms with E-state index >= 15 is 0 Å². The molecular weight excluding hydrogens is 389 g/mol. The van der Waals surface area contributed by atoms with Crippen molar-refractivity contribution in [2.24, 2.45) is 0 Å². The van der Waals surface area contributed by atoms with Gasteiger partial charge in [-0.25, -0.2) is 9.37 Å². The first-order chi connectivity index (χ1) is 12.5. The number of amides is 1. The Bertz CT molecular complexity index is 932. The van der Waals surface area contributed by atoms with Crippen molar-refractivity contribution < 1.29 is 13.9 Å². The number of thiazole rings is 1. The summed E-state index contributed by atoms with van der Waals surface area (Å²) in [5.74, 6) is 0.0374. The van der Waals surface area contributed by atoms with Crippen LogP contribution in [0.1, 0.15) is 10.4 Å². The van der Waals surface area contributed by atoms with Crippen LogP contribution in [0.4, 0.5) is 9.52 Å². The maximum atomic E-state index is 14.0. The molecule has 0 unspecified atom stereocenters.